The fraction of sp³-hybridized carbons (Fsp3) is 0.455. The van der Waals surface area contributed by atoms with E-state index in [0.717, 1.165) is 17.5 Å². The molecule has 1 atom stereocenters. The highest BCUT2D eigenvalue weighted by atomic mass is 35.5. The number of benzene rings is 1. The summed E-state index contributed by atoms with van der Waals surface area (Å²) in [4.78, 5) is 10.2. The van der Waals surface area contributed by atoms with Gasteiger partial charge in [-0.15, -0.1) is 11.6 Å². The number of nitro groups is 1. The van der Waals surface area contributed by atoms with Crippen LogP contribution in [0.2, 0.25) is 0 Å². The normalized spacial score (nSPS) is 12.5. The summed E-state index contributed by atoms with van der Waals surface area (Å²) < 4.78 is 0. The van der Waals surface area contributed by atoms with Crippen LogP contribution < -0.4 is 0 Å². The Kier molecular flexibility index (Phi) is 4.09. The molecule has 1 aromatic carbocycles. The maximum atomic E-state index is 10.6. The summed E-state index contributed by atoms with van der Waals surface area (Å²) in [5.74, 6) is 0.709. The molecular formula is C11H14ClNO2. The average molecular weight is 228 g/mol. The number of non-ortho nitro benzene ring substituents is 1. The molecule has 15 heavy (non-hydrogen) atoms. The Morgan fingerprint density at radius 1 is 1.53 bits per heavy atom. The van der Waals surface area contributed by atoms with Gasteiger partial charge >= 0.3 is 0 Å². The molecule has 1 aromatic rings. The van der Waals surface area contributed by atoms with Crippen molar-refractivity contribution in [2.24, 2.45) is 0 Å². The SMILES string of the molecule is CCC(C)c1ccc([N+](=O)[O-])cc1CCl. The van der Waals surface area contributed by atoms with Crippen LogP contribution in [0.5, 0.6) is 0 Å². The number of hydrogen-bond donors (Lipinski definition) is 0. The van der Waals surface area contributed by atoms with Crippen LogP contribution in [0.15, 0.2) is 18.2 Å². The lowest BCUT2D eigenvalue weighted by Gasteiger charge is -2.12. The molecule has 0 amide bonds. The highest BCUT2D eigenvalue weighted by Crippen LogP contribution is 2.27. The monoisotopic (exact) mass is 227 g/mol. The standard InChI is InChI=1S/C11H14ClNO2/c1-3-8(2)11-5-4-10(13(14)15)6-9(11)7-12/h4-6,8H,3,7H2,1-2H3. The van der Waals surface area contributed by atoms with Crippen molar-refractivity contribution < 1.29 is 4.92 Å². The average Bonchev–Trinajstić information content (AvgIpc) is 2.27. The van der Waals surface area contributed by atoms with Gasteiger partial charge in [0, 0.05) is 18.0 Å². The minimum absolute atomic E-state index is 0.109. The van der Waals surface area contributed by atoms with E-state index in [9.17, 15) is 10.1 Å². The Labute approximate surface area is 94.2 Å². The minimum atomic E-state index is -0.392. The molecule has 0 aliphatic carbocycles. The smallest absolute Gasteiger partial charge is 0.258 e. The van der Waals surface area contributed by atoms with E-state index >= 15 is 0 Å². The van der Waals surface area contributed by atoms with E-state index in [-0.39, 0.29) is 5.69 Å². The fourth-order valence-corrected chi connectivity index (χ4v) is 1.75. The van der Waals surface area contributed by atoms with E-state index in [2.05, 4.69) is 13.8 Å². The first kappa shape index (κ1) is 12.0. The van der Waals surface area contributed by atoms with Crippen molar-refractivity contribution >= 4 is 17.3 Å². The quantitative estimate of drug-likeness (QED) is 0.446. The second-order valence-corrected chi connectivity index (χ2v) is 3.85. The molecule has 0 saturated carbocycles. The van der Waals surface area contributed by atoms with Crippen molar-refractivity contribution in [3.8, 4) is 0 Å². The van der Waals surface area contributed by atoms with Crippen molar-refractivity contribution in [2.45, 2.75) is 32.1 Å². The summed E-state index contributed by atoms with van der Waals surface area (Å²) in [6, 6.07) is 4.91. The summed E-state index contributed by atoms with van der Waals surface area (Å²) in [7, 11) is 0. The molecule has 0 fully saturated rings. The van der Waals surface area contributed by atoms with Gasteiger partial charge in [0.15, 0.2) is 0 Å². The molecule has 0 aliphatic rings. The van der Waals surface area contributed by atoms with Crippen molar-refractivity contribution in [1.29, 1.82) is 0 Å². The molecule has 4 heteroatoms. The Hall–Kier alpha value is -1.09. The van der Waals surface area contributed by atoms with Gasteiger partial charge in [-0.25, -0.2) is 0 Å². The van der Waals surface area contributed by atoms with E-state index < -0.39 is 4.92 Å². The number of halogens is 1. The van der Waals surface area contributed by atoms with E-state index in [4.69, 9.17) is 11.6 Å². The maximum Gasteiger partial charge on any atom is 0.269 e. The molecule has 0 bridgehead atoms. The van der Waals surface area contributed by atoms with Gasteiger partial charge in [0.1, 0.15) is 0 Å². The Balaban J connectivity index is 3.14. The van der Waals surface area contributed by atoms with E-state index in [1.807, 2.05) is 6.07 Å². The molecule has 0 heterocycles. The molecule has 0 aliphatic heterocycles. The number of rotatable bonds is 4. The Morgan fingerprint density at radius 3 is 2.67 bits per heavy atom. The second-order valence-electron chi connectivity index (χ2n) is 3.58. The second kappa shape index (κ2) is 5.12. The maximum absolute atomic E-state index is 10.6. The van der Waals surface area contributed by atoms with Gasteiger partial charge in [0.25, 0.3) is 5.69 Å². The van der Waals surface area contributed by atoms with Crippen LogP contribution in [-0.2, 0) is 5.88 Å². The predicted octanol–water partition coefficient (Wildman–Crippen LogP) is 3.85. The predicted molar refractivity (Wildman–Crippen MR) is 61.4 cm³/mol. The first-order valence-corrected chi connectivity index (χ1v) is 5.46. The molecular weight excluding hydrogens is 214 g/mol. The van der Waals surface area contributed by atoms with Crippen LogP contribution in [0.3, 0.4) is 0 Å². The van der Waals surface area contributed by atoms with E-state index in [1.54, 1.807) is 6.07 Å². The van der Waals surface area contributed by atoms with Crippen molar-refractivity contribution in [2.75, 3.05) is 0 Å². The first-order valence-electron chi connectivity index (χ1n) is 4.93. The molecule has 1 unspecified atom stereocenters. The molecule has 0 N–H and O–H groups in total. The van der Waals surface area contributed by atoms with Crippen LogP contribution in [0.4, 0.5) is 5.69 Å². The summed E-state index contributed by atoms with van der Waals surface area (Å²) >= 11 is 5.79. The third kappa shape index (κ3) is 2.69. The molecule has 1 rings (SSSR count). The summed E-state index contributed by atoms with van der Waals surface area (Å²) in [6.07, 6.45) is 1.00. The lowest BCUT2D eigenvalue weighted by Crippen LogP contribution is -1.98. The van der Waals surface area contributed by atoms with E-state index in [0.29, 0.717) is 11.8 Å². The van der Waals surface area contributed by atoms with Gasteiger partial charge in [-0.05, 0) is 23.5 Å². The Bertz CT molecular complexity index is 366. The highest BCUT2D eigenvalue weighted by Gasteiger charge is 2.13. The molecule has 0 spiro atoms. The lowest BCUT2D eigenvalue weighted by atomic mass is 9.94. The molecule has 0 aromatic heterocycles. The van der Waals surface area contributed by atoms with Crippen LogP contribution >= 0.6 is 11.6 Å². The van der Waals surface area contributed by atoms with Gasteiger partial charge in [-0.2, -0.15) is 0 Å². The highest BCUT2D eigenvalue weighted by molar-refractivity contribution is 6.17. The Morgan fingerprint density at radius 2 is 2.20 bits per heavy atom. The zero-order valence-electron chi connectivity index (χ0n) is 8.87. The summed E-state index contributed by atoms with van der Waals surface area (Å²) in [5, 5.41) is 10.6. The molecule has 0 saturated heterocycles. The fourth-order valence-electron chi connectivity index (χ4n) is 1.52. The van der Waals surface area contributed by atoms with Crippen molar-refractivity contribution in [3.63, 3.8) is 0 Å². The number of nitrogens with zero attached hydrogens (tertiary/aromatic N) is 1. The van der Waals surface area contributed by atoms with Crippen LogP contribution in [-0.4, -0.2) is 4.92 Å². The largest absolute Gasteiger partial charge is 0.269 e. The number of nitro benzene ring substituents is 1. The third-order valence-corrected chi connectivity index (χ3v) is 2.91. The van der Waals surface area contributed by atoms with Crippen molar-refractivity contribution in [3.05, 3.63) is 39.4 Å². The van der Waals surface area contributed by atoms with E-state index in [1.165, 1.54) is 6.07 Å². The number of hydrogen-bond acceptors (Lipinski definition) is 2. The van der Waals surface area contributed by atoms with Crippen LogP contribution in [0.1, 0.15) is 37.3 Å². The van der Waals surface area contributed by atoms with Crippen LogP contribution in [0.25, 0.3) is 0 Å². The molecule has 82 valence electrons. The minimum Gasteiger partial charge on any atom is -0.258 e. The van der Waals surface area contributed by atoms with Gasteiger partial charge in [-0.1, -0.05) is 19.9 Å². The first-order chi connectivity index (χ1) is 7.10. The summed E-state index contributed by atoms with van der Waals surface area (Å²) in [6.45, 7) is 4.18. The zero-order chi connectivity index (χ0) is 11.4. The van der Waals surface area contributed by atoms with Gasteiger partial charge in [0.2, 0.25) is 0 Å². The van der Waals surface area contributed by atoms with Gasteiger partial charge in [0.05, 0.1) is 4.92 Å². The van der Waals surface area contributed by atoms with Gasteiger partial charge < -0.3 is 0 Å². The number of alkyl halides is 1. The van der Waals surface area contributed by atoms with Gasteiger partial charge in [-0.3, -0.25) is 10.1 Å². The topological polar surface area (TPSA) is 43.1 Å². The van der Waals surface area contributed by atoms with Crippen molar-refractivity contribution in [1.82, 2.24) is 0 Å². The lowest BCUT2D eigenvalue weighted by molar-refractivity contribution is -0.384. The third-order valence-electron chi connectivity index (χ3n) is 2.62. The molecule has 0 radical (unpaired) electrons. The van der Waals surface area contributed by atoms with Crippen LogP contribution in [0, 0.1) is 10.1 Å². The zero-order valence-corrected chi connectivity index (χ0v) is 9.62. The molecule has 3 nitrogen and oxygen atoms in total. The summed E-state index contributed by atoms with van der Waals surface area (Å²) in [5.41, 5.74) is 2.08.